The number of rotatable bonds is 4. The Kier molecular flexibility index (Phi) is 3.72. The number of nitrogens with one attached hydrogen (secondary N) is 1. The van der Waals surface area contributed by atoms with Crippen molar-refractivity contribution in [1.29, 1.82) is 0 Å². The fourth-order valence-corrected chi connectivity index (χ4v) is 3.18. The van der Waals surface area contributed by atoms with Gasteiger partial charge in [0.2, 0.25) is 0 Å². The zero-order chi connectivity index (χ0) is 15.8. The standard InChI is InChI=1S/C10H10FN3O5S2/c1-6-12-10(19-13-6)14-21(17,18)9-5-7(20(2,15)16)3-4-8(9)11/h3-5H,1-2H3,(H,12,13,14). The summed E-state index contributed by atoms with van der Waals surface area (Å²) >= 11 is 0. The second-order valence-electron chi connectivity index (χ2n) is 4.12. The van der Waals surface area contributed by atoms with Crippen LogP contribution in [-0.2, 0) is 19.9 Å². The number of sulfone groups is 1. The van der Waals surface area contributed by atoms with E-state index in [1.165, 1.54) is 6.92 Å². The maximum atomic E-state index is 13.7. The lowest BCUT2D eigenvalue weighted by atomic mass is 10.3. The molecule has 11 heteroatoms. The molecule has 1 aromatic heterocycles. The van der Waals surface area contributed by atoms with Gasteiger partial charge in [-0.1, -0.05) is 5.16 Å². The molecule has 0 fully saturated rings. The number of halogens is 1. The van der Waals surface area contributed by atoms with Crippen molar-refractivity contribution in [3.05, 3.63) is 29.8 Å². The second-order valence-corrected chi connectivity index (χ2v) is 7.78. The lowest BCUT2D eigenvalue weighted by molar-refractivity contribution is 0.429. The molecule has 0 radical (unpaired) electrons. The summed E-state index contributed by atoms with van der Waals surface area (Å²) in [6.07, 6.45) is 0.880. The molecule has 1 N–H and O–H groups in total. The molecule has 0 saturated heterocycles. The van der Waals surface area contributed by atoms with Gasteiger partial charge in [-0.25, -0.2) is 25.9 Å². The molecule has 0 bridgehead atoms. The molecule has 8 nitrogen and oxygen atoms in total. The van der Waals surface area contributed by atoms with E-state index in [0.29, 0.717) is 0 Å². The van der Waals surface area contributed by atoms with Gasteiger partial charge in [-0.05, 0) is 25.1 Å². The number of benzene rings is 1. The Morgan fingerprint density at radius 3 is 2.43 bits per heavy atom. The van der Waals surface area contributed by atoms with Gasteiger partial charge in [0.15, 0.2) is 15.7 Å². The summed E-state index contributed by atoms with van der Waals surface area (Å²) in [6.45, 7) is 1.46. The molecule has 21 heavy (non-hydrogen) atoms. The van der Waals surface area contributed by atoms with E-state index < -0.39 is 36.6 Å². The summed E-state index contributed by atoms with van der Waals surface area (Å²) in [5, 5.41) is 3.37. The molecule has 0 aliphatic carbocycles. The summed E-state index contributed by atoms with van der Waals surface area (Å²) in [4.78, 5) is 2.45. The van der Waals surface area contributed by atoms with Crippen LogP contribution in [0.25, 0.3) is 0 Å². The molecule has 114 valence electrons. The van der Waals surface area contributed by atoms with Crippen molar-refractivity contribution in [3.8, 4) is 0 Å². The molecular formula is C10H10FN3O5S2. The summed E-state index contributed by atoms with van der Waals surface area (Å²) < 4.78 is 67.0. The van der Waals surface area contributed by atoms with Gasteiger partial charge in [0.05, 0.1) is 4.90 Å². The average molecular weight is 335 g/mol. The predicted octanol–water partition coefficient (Wildman–Crippen LogP) is 0.721. The van der Waals surface area contributed by atoms with Gasteiger partial charge in [-0.2, -0.15) is 4.98 Å². The highest BCUT2D eigenvalue weighted by Crippen LogP contribution is 2.21. The molecule has 0 aliphatic heterocycles. The van der Waals surface area contributed by atoms with E-state index in [2.05, 4.69) is 14.7 Å². The molecule has 0 amide bonds. The topological polar surface area (TPSA) is 119 Å². The summed E-state index contributed by atoms with van der Waals surface area (Å²) in [7, 11) is -8.08. The van der Waals surface area contributed by atoms with Crippen molar-refractivity contribution in [2.75, 3.05) is 11.0 Å². The zero-order valence-electron chi connectivity index (χ0n) is 10.9. The molecule has 2 rings (SSSR count). The third-order valence-corrected chi connectivity index (χ3v) is 4.82. The number of hydrogen-bond donors (Lipinski definition) is 1. The van der Waals surface area contributed by atoms with Crippen molar-refractivity contribution in [3.63, 3.8) is 0 Å². The van der Waals surface area contributed by atoms with Gasteiger partial charge in [-0.15, -0.1) is 0 Å². The van der Waals surface area contributed by atoms with Crippen LogP contribution in [-0.4, -0.2) is 33.2 Å². The van der Waals surface area contributed by atoms with E-state index in [4.69, 9.17) is 0 Å². The smallest absolute Gasteiger partial charge is 0.314 e. The Balaban J connectivity index is 2.49. The van der Waals surface area contributed by atoms with Crippen LogP contribution >= 0.6 is 0 Å². The average Bonchev–Trinajstić information content (AvgIpc) is 2.72. The van der Waals surface area contributed by atoms with Crippen molar-refractivity contribution in [2.45, 2.75) is 16.7 Å². The van der Waals surface area contributed by atoms with Crippen LogP contribution in [0.2, 0.25) is 0 Å². The van der Waals surface area contributed by atoms with Gasteiger partial charge in [0.1, 0.15) is 10.7 Å². The van der Waals surface area contributed by atoms with E-state index in [1.54, 1.807) is 0 Å². The largest absolute Gasteiger partial charge is 0.335 e. The summed E-state index contributed by atoms with van der Waals surface area (Å²) in [5.74, 6) is -0.927. The lowest BCUT2D eigenvalue weighted by Gasteiger charge is -2.07. The van der Waals surface area contributed by atoms with Gasteiger partial charge >= 0.3 is 6.01 Å². The molecule has 1 heterocycles. The zero-order valence-corrected chi connectivity index (χ0v) is 12.5. The number of aryl methyl sites for hydroxylation is 1. The Labute approximate surface area is 120 Å². The number of anilines is 1. The molecule has 0 aliphatic rings. The summed E-state index contributed by atoms with van der Waals surface area (Å²) in [5.41, 5.74) is 0. The quantitative estimate of drug-likeness (QED) is 0.818. The molecule has 0 atom stereocenters. The van der Waals surface area contributed by atoms with Gasteiger partial charge < -0.3 is 4.52 Å². The molecule has 0 saturated carbocycles. The maximum Gasteiger partial charge on any atom is 0.335 e. The Morgan fingerprint density at radius 2 is 1.90 bits per heavy atom. The number of aromatic nitrogens is 2. The SMILES string of the molecule is Cc1noc(NS(=O)(=O)c2cc(S(C)(=O)=O)ccc2F)n1. The normalized spacial score (nSPS) is 12.3. The molecular weight excluding hydrogens is 325 g/mol. The number of sulfonamides is 1. The Hall–Kier alpha value is -2.01. The molecule has 0 unspecified atom stereocenters. The van der Waals surface area contributed by atoms with E-state index in [1.807, 2.05) is 4.72 Å². The van der Waals surface area contributed by atoms with Crippen molar-refractivity contribution >= 4 is 25.9 Å². The van der Waals surface area contributed by atoms with Gasteiger partial charge in [0, 0.05) is 6.26 Å². The van der Waals surface area contributed by atoms with Crippen molar-refractivity contribution in [1.82, 2.24) is 10.1 Å². The van der Waals surface area contributed by atoms with E-state index in [0.717, 1.165) is 24.5 Å². The third-order valence-electron chi connectivity index (χ3n) is 2.37. The summed E-state index contributed by atoms with van der Waals surface area (Å²) in [6, 6.07) is 2.00. The first kappa shape index (κ1) is 15.4. The van der Waals surface area contributed by atoms with E-state index in [9.17, 15) is 21.2 Å². The first-order valence-electron chi connectivity index (χ1n) is 5.42. The highest BCUT2D eigenvalue weighted by Gasteiger charge is 2.24. The Morgan fingerprint density at radius 1 is 1.24 bits per heavy atom. The molecule has 1 aromatic carbocycles. The van der Waals surface area contributed by atoms with Crippen LogP contribution in [0.4, 0.5) is 10.4 Å². The lowest BCUT2D eigenvalue weighted by Crippen LogP contribution is -2.15. The van der Waals surface area contributed by atoms with Gasteiger partial charge in [-0.3, -0.25) is 0 Å². The first-order chi connectivity index (χ1) is 9.59. The maximum absolute atomic E-state index is 13.7. The predicted molar refractivity (Wildman–Crippen MR) is 69.4 cm³/mol. The van der Waals surface area contributed by atoms with Crippen molar-refractivity contribution < 1.29 is 25.7 Å². The minimum Gasteiger partial charge on any atom is -0.314 e. The Bertz CT molecular complexity index is 889. The number of nitrogens with zero attached hydrogens (tertiary/aromatic N) is 2. The second kappa shape index (κ2) is 5.07. The van der Waals surface area contributed by atoms with Gasteiger partial charge in [0.25, 0.3) is 10.0 Å². The molecule has 0 spiro atoms. The number of hydrogen-bond acceptors (Lipinski definition) is 7. The van der Waals surface area contributed by atoms with E-state index >= 15 is 0 Å². The van der Waals surface area contributed by atoms with Crippen LogP contribution < -0.4 is 4.72 Å². The monoisotopic (exact) mass is 335 g/mol. The van der Waals surface area contributed by atoms with Crippen LogP contribution in [0.5, 0.6) is 0 Å². The van der Waals surface area contributed by atoms with Crippen LogP contribution in [0.1, 0.15) is 5.82 Å². The minimum absolute atomic E-state index is 0.179. The van der Waals surface area contributed by atoms with E-state index in [-0.39, 0.29) is 10.7 Å². The first-order valence-corrected chi connectivity index (χ1v) is 8.80. The fourth-order valence-electron chi connectivity index (χ4n) is 1.43. The van der Waals surface area contributed by atoms with Crippen LogP contribution in [0.3, 0.4) is 0 Å². The third kappa shape index (κ3) is 3.36. The highest BCUT2D eigenvalue weighted by molar-refractivity contribution is 7.93. The fraction of sp³-hybridized carbons (Fsp3) is 0.200. The van der Waals surface area contributed by atoms with Crippen LogP contribution in [0, 0.1) is 12.7 Å². The van der Waals surface area contributed by atoms with Crippen molar-refractivity contribution in [2.24, 2.45) is 0 Å². The minimum atomic E-state index is -4.40. The molecule has 2 aromatic rings. The highest BCUT2D eigenvalue weighted by atomic mass is 32.2. The van der Waals surface area contributed by atoms with Crippen LogP contribution in [0.15, 0.2) is 32.5 Å².